The molecule has 32 heavy (non-hydrogen) atoms. The fourth-order valence-corrected chi connectivity index (χ4v) is 4.72. The van der Waals surface area contributed by atoms with Crippen LogP contribution in [0.15, 0.2) is 65.6 Å². The van der Waals surface area contributed by atoms with Crippen LogP contribution in [0.3, 0.4) is 0 Å². The molecule has 0 bridgehead atoms. The number of hydrogen-bond acceptors (Lipinski definition) is 6. The lowest BCUT2D eigenvalue weighted by molar-refractivity contribution is -0.140. The highest BCUT2D eigenvalue weighted by Gasteiger charge is 2.46. The molecule has 1 aromatic heterocycles. The van der Waals surface area contributed by atoms with Crippen LogP contribution >= 0.6 is 22.9 Å². The lowest BCUT2D eigenvalue weighted by Crippen LogP contribution is -2.28. The molecule has 4 rings (SSSR count). The zero-order valence-corrected chi connectivity index (χ0v) is 18.9. The van der Waals surface area contributed by atoms with E-state index in [1.165, 1.54) is 42.6 Å². The van der Waals surface area contributed by atoms with Crippen LogP contribution in [0.25, 0.3) is 5.76 Å². The zero-order chi connectivity index (χ0) is 22.8. The van der Waals surface area contributed by atoms with E-state index in [2.05, 4.69) is 0 Å². The Morgan fingerprint density at radius 1 is 1.06 bits per heavy atom. The number of nitrogens with zero attached hydrogens (tertiary/aromatic N) is 1. The van der Waals surface area contributed by atoms with Gasteiger partial charge in [0.25, 0.3) is 11.7 Å². The van der Waals surface area contributed by atoms with Crippen molar-refractivity contribution >= 4 is 40.4 Å². The summed E-state index contributed by atoms with van der Waals surface area (Å²) in [7, 11) is 2.88. The van der Waals surface area contributed by atoms with E-state index in [4.69, 9.17) is 21.1 Å². The normalized spacial score (nSPS) is 17.6. The highest BCUT2D eigenvalue weighted by molar-refractivity contribution is 7.09. The molecule has 3 aromatic rings. The topological polar surface area (TPSA) is 76.1 Å². The van der Waals surface area contributed by atoms with Gasteiger partial charge in [-0.25, -0.2) is 0 Å². The number of amides is 1. The van der Waals surface area contributed by atoms with Crippen LogP contribution in [0, 0.1) is 0 Å². The Hall–Kier alpha value is -3.29. The van der Waals surface area contributed by atoms with Gasteiger partial charge in [0.1, 0.15) is 17.3 Å². The van der Waals surface area contributed by atoms with Gasteiger partial charge < -0.3 is 19.5 Å². The van der Waals surface area contributed by atoms with Gasteiger partial charge in [0.2, 0.25) is 0 Å². The number of carbonyl (C=O) groups excluding carboxylic acids is 2. The molecule has 1 aliphatic rings. The van der Waals surface area contributed by atoms with E-state index in [0.29, 0.717) is 16.3 Å². The minimum atomic E-state index is -0.760. The van der Waals surface area contributed by atoms with E-state index >= 15 is 0 Å². The number of benzene rings is 2. The molecule has 164 valence electrons. The summed E-state index contributed by atoms with van der Waals surface area (Å²) in [4.78, 5) is 28.6. The first-order valence-corrected chi connectivity index (χ1v) is 11.0. The average molecular weight is 470 g/mol. The van der Waals surface area contributed by atoms with Crippen LogP contribution in [0.4, 0.5) is 0 Å². The van der Waals surface area contributed by atoms with Gasteiger partial charge in [-0.3, -0.25) is 9.59 Å². The number of rotatable bonds is 6. The van der Waals surface area contributed by atoms with Gasteiger partial charge in [-0.15, -0.1) is 11.3 Å². The number of methoxy groups -OCH3 is 2. The predicted molar refractivity (Wildman–Crippen MR) is 123 cm³/mol. The monoisotopic (exact) mass is 469 g/mol. The maximum absolute atomic E-state index is 13.2. The number of ether oxygens (including phenoxy) is 2. The fraction of sp³-hybridized carbons (Fsp3) is 0.167. The Labute approximate surface area is 194 Å². The van der Waals surface area contributed by atoms with Crippen molar-refractivity contribution in [2.24, 2.45) is 0 Å². The van der Waals surface area contributed by atoms with Crippen LogP contribution in [-0.2, 0) is 16.1 Å². The van der Waals surface area contributed by atoms with Gasteiger partial charge in [-0.2, -0.15) is 0 Å². The van der Waals surface area contributed by atoms with E-state index in [0.717, 1.165) is 4.88 Å². The Balaban J connectivity index is 1.92. The van der Waals surface area contributed by atoms with Crippen molar-refractivity contribution in [2.45, 2.75) is 12.6 Å². The second-order valence-electron chi connectivity index (χ2n) is 7.10. The lowest BCUT2D eigenvalue weighted by atomic mass is 9.95. The number of Topliss-reactive ketones (excluding diaryl/α,β-unsaturated/α-hetero) is 1. The Bertz CT molecular complexity index is 1190. The number of aliphatic hydroxyl groups excluding tert-OH is 1. The SMILES string of the molecule is COc1cc(/C(O)=C2\C(=O)C(=O)N(Cc3cccs3)C2c2ccccc2)c(OC)cc1Cl. The van der Waals surface area contributed by atoms with Crippen molar-refractivity contribution in [1.82, 2.24) is 4.90 Å². The molecule has 0 saturated carbocycles. The number of thiophene rings is 1. The van der Waals surface area contributed by atoms with Gasteiger partial charge >= 0.3 is 0 Å². The average Bonchev–Trinajstić information content (AvgIpc) is 3.41. The van der Waals surface area contributed by atoms with E-state index in [-0.39, 0.29) is 29.2 Å². The summed E-state index contributed by atoms with van der Waals surface area (Å²) in [5.41, 5.74) is 0.911. The first-order chi connectivity index (χ1) is 15.5. The standard InChI is InChI=1S/C24H20ClNO5S/c1-30-18-12-17(25)19(31-2)11-16(18)22(27)20-21(14-7-4-3-5-8-14)26(24(29)23(20)28)13-15-9-6-10-32-15/h3-12,21,27H,13H2,1-2H3/b22-20+. The van der Waals surface area contributed by atoms with Crippen LogP contribution in [-0.4, -0.2) is 35.9 Å². The van der Waals surface area contributed by atoms with Gasteiger partial charge in [0, 0.05) is 10.9 Å². The maximum Gasteiger partial charge on any atom is 0.295 e. The summed E-state index contributed by atoms with van der Waals surface area (Å²) in [6.45, 7) is 0.250. The van der Waals surface area contributed by atoms with E-state index < -0.39 is 17.7 Å². The number of likely N-dealkylation sites (tertiary alicyclic amines) is 1. The molecule has 1 amide bonds. The van der Waals surface area contributed by atoms with E-state index in [9.17, 15) is 14.7 Å². The van der Waals surface area contributed by atoms with E-state index in [1.54, 1.807) is 0 Å². The van der Waals surface area contributed by atoms with Gasteiger partial charge in [0.15, 0.2) is 0 Å². The molecule has 2 heterocycles. The molecule has 6 nitrogen and oxygen atoms in total. The van der Waals surface area contributed by atoms with Crippen LogP contribution in [0.2, 0.25) is 5.02 Å². The third kappa shape index (κ3) is 3.85. The van der Waals surface area contributed by atoms with E-state index in [1.807, 2.05) is 47.8 Å². The molecule has 0 radical (unpaired) electrons. The molecule has 0 aliphatic carbocycles. The molecule has 2 aromatic carbocycles. The summed E-state index contributed by atoms with van der Waals surface area (Å²) in [6, 6.07) is 15.2. The molecular weight excluding hydrogens is 450 g/mol. The predicted octanol–water partition coefficient (Wildman–Crippen LogP) is 5.04. The van der Waals surface area contributed by atoms with Gasteiger partial charge in [-0.05, 0) is 23.1 Å². The van der Waals surface area contributed by atoms with Crippen molar-refractivity contribution in [1.29, 1.82) is 0 Å². The number of halogens is 1. The van der Waals surface area contributed by atoms with Crippen molar-refractivity contribution < 1.29 is 24.2 Å². The summed E-state index contributed by atoms with van der Waals surface area (Å²) in [5, 5.41) is 13.5. The molecular formula is C24H20ClNO5S. The number of hydrogen-bond donors (Lipinski definition) is 1. The molecule has 8 heteroatoms. The molecule has 1 N–H and O–H groups in total. The van der Waals surface area contributed by atoms with Gasteiger partial charge in [0.05, 0.1) is 43.0 Å². The first-order valence-electron chi connectivity index (χ1n) is 9.74. The third-order valence-electron chi connectivity index (χ3n) is 5.29. The summed E-state index contributed by atoms with van der Waals surface area (Å²) in [6.07, 6.45) is 0. The molecule has 1 atom stereocenters. The molecule has 1 fully saturated rings. The molecule has 1 saturated heterocycles. The molecule has 1 aliphatic heterocycles. The maximum atomic E-state index is 13.2. The van der Waals surface area contributed by atoms with Crippen molar-refractivity contribution in [3.8, 4) is 11.5 Å². The highest BCUT2D eigenvalue weighted by atomic mass is 35.5. The second-order valence-corrected chi connectivity index (χ2v) is 8.54. The van der Waals surface area contributed by atoms with Crippen molar-refractivity contribution in [3.63, 3.8) is 0 Å². The number of carbonyl (C=O) groups is 2. The van der Waals surface area contributed by atoms with Crippen LogP contribution < -0.4 is 9.47 Å². The first kappa shape index (κ1) is 21.9. The summed E-state index contributed by atoms with van der Waals surface area (Å²) in [5.74, 6) is -1.22. The van der Waals surface area contributed by atoms with Crippen LogP contribution in [0.5, 0.6) is 11.5 Å². The highest BCUT2D eigenvalue weighted by Crippen LogP contribution is 2.43. The minimum absolute atomic E-state index is 0.0135. The fourth-order valence-electron chi connectivity index (χ4n) is 3.79. The smallest absolute Gasteiger partial charge is 0.295 e. The zero-order valence-electron chi connectivity index (χ0n) is 17.4. The Morgan fingerprint density at radius 3 is 2.41 bits per heavy atom. The number of aliphatic hydroxyl groups is 1. The van der Waals surface area contributed by atoms with Crippen molar-refractivity contribution in [2.75, 3.05) is 14.2 Å². The Kier molecular flexibility index (Phi) is 6.21. The molecule has 0 spiro atoms. The summed E-state index contributed by atoms with van der Waals surface area (Å²) < 4.78 is 10.6. The van der Waals surface area contributed by atoms with Gasteiger partial charge in [-0.1, -0.05) is 48.0 Å². The largest absolute Gasteiger partial charge is 0.507 e. The number of ketones is 1. The van der Waals surface area contributed by atoms with Crippen LogP contribution in [0.1, 0.15) is 22.0 Å². The second kappa shape index (κ2) is 9.06. The molecule has 1 unspecified atom stereocenters. The van der Waals surface area contributed by atoms with Crippen molar-refractivity contribution in [3.05, 3.63) is 86.6 Å². The Morgan fingerprint density at radius 2 is 1.78 bits per heavy atom. The third-order valence-corrected chi connectivity index (χ3v) is 6.45. The summed E-state index contributed by atoms with van der Waals surface area (Å²) >= 11 is 7.69. The minimum Gasteiger partial charge on any atom is -0.507 e. The quantitative estimate of drug-likeness (QED) is 0.311. The lowest BCUT2D eigenvalue weighted by Gasteiger charge is -2.25.